The second-order valence-corrected chi connectivity index (χ2v) is 4.19. The highest BCUT2D eigenvalue weighted by Gasteiger charge is 2.12. The molecule has 5 nitrogen and oxygen atoms in total. The maximum Gasteiger partial charge on any atom is 0.339 e. The highest BCUT2D eigenvalue weighted by atomic mass is 35.5. The van der Waals surface area contributed by atoms with E-state index < -0.39 is 5.97 Å². The number of nitrogens with two attached hydrogens (primary N) is 1. The van der Waals surface area contributed by atoms with Crippen LogP contribution in [0.4, 0.5) is 17.2 Å². The van der Waals surface area contributed by atoms with Crippen molar-refractivity contribution in [3.05, 3.63) is 47.1 Å². The second kappa shape index (κ2) is 5.58. The van der Waals surface area contributed by atoms with Crippen LogP contribution in [0.5, 0.6) is 0 Å². The molecule has 0 bridgehead atoms. The van der Waals surface area contributed by atoms with Crippen LogP contribution in [0.2, 0.25) is 5.02 Å². The molecular weight excluding hydrogens is 266 g/mol. The number of hydrogen-bond acceptors (Lipinski definition) is 5. The number of ether oxygens (including phenoxy) is 1. The Morgan fingerprint density at radius 1 is 1.42 bits per heavy atom. The Labute approximate surface area is 115 Å². The zero-order chi connectivity index (χ0) is 13.8. The molecule has 0 amide bonds. The summed E-state index contributed by atoms with van der Waals surface area (Å²) in [6.45, 7) is 0. The van der Waals surface area contributed by atoms with Crippen LogP contribution in [0.3, 0.4) is 0 Å². The number of benzene rings is 1. The number of carbonyl (C=O) groups is 1. The lowest BCUT2D eigenvalue weighted by Gasteiger charge is -2.11. The maximum absolute atomic E-state index is 11.6. The minimum absolute atomic E-state index is 0.396. The van der Waals surface area contributed by atoms with E-state index in [4.69, 9.17) is 22.1 Å². The van der Waals surface area contributed by atoms with Crippen molar-refractivity contribution in [3.8, 4) is 0 Å². The Hall–Kier alpha value is -2.27. The normalized spacial score (nSPS) is 10.0. The van der Waals surface area contributed by atoms with E-state index in [2.05, 4.69) is 10.3 Å². The van der Waals surface area contributed by atoms with Gasteiger partial charge in [0, 0.05) is 6.20 Å². The number of para-hydroxylation sites is 1. The number of esters is 1. The van der Waals surface area contributed by atoms with Crippen LogP contribution in [0.1, 0.15) is 10.4 Å². The minimum Gasteiger partial charge on any atom is -0.465 e. The van der Waals surface area contributed by atoms with E-state index in [9.17, 15) is 4.79 Å². The molecule has 19 heavy (non-hydrogen) atoms. The fraction of sp³-hybridized carbons (Fsp3) is 0.0769. The Morgan fingerprint density at radius 3 is 2.84 bits per heavy atom. The van der Waals surface area contributed by atoms with Gasteiger partial charge in [0.25, 0.3) is 0 Å². The van der Waals surface area contributed by atoms with Crippen molar-refractivity contribution in [1.29, 1.82) is 0 Å². The molecular formula is C13H12ClN3O2. The number of methoxy groups -OCH3 is 1. The van der Waals surface area contributed by atoms with E-state index in [1.54, 1.807) is 30.3 Å². The summed E-state index contributed by atoms with van der Waals surface area (Å²) in [6.07, 6.45) is 1.47. The van der Waals surface area contributed by atoms with Gasteiger partial charge in [-0.15, -0.1) is 0 Å². The molecule has 0 fully saturated rings. The van der Waals surface area contributed by atoms with Crippen LogP contribution >= 0.6 is 11.6 Å². The predicted octanol–water partition coefficient (Wildman–Crippen LogP) is 2.85. The molecule has 0 radical (unpaired) electrons. The molecule has 1 aromatic carbocycles. The molecule has 0 aliphatic heterocycles. The van der Waals surface area contributed by atoms with Gasteiger partial charge in [0.2, 0.25) is 0 Å². The Bertz CT molecular complexity index is 617. The zero-order valence-corrected chi connectivity index (χ0v) is 10.9. The third-order valence-electron chi connectivity index (χ3n) is 2.47. The third-order valence-corrected chi connectivity index (χ3v) is 2.68. The molecule has 0 aliphatic rings. The van der Waals surface area contributed by atoms with Crippen molar-refractivity contribution in [2.24, 2.45) is 0 Å². The van der Waals surface area contributed by atoms with E-state index >= 15 is 0 Å². The third kappa shape index (κ3) is 2.95. The molecule has 0 saturated heterocycles. The van der Waals surface area contributed by atoms with Gasteiger partial charge in [-0.25, -0.2) is 9.78 Å². The summed E-state index contributed by atoms with van der Waals surface area (Å²) in [4.78, 5) is 15.7. The molecule has 0 saturated carbocycles. The van der Waals surface area contributed by atoms with Gasteiger partial charge in [0.15, 0.2) is 5.82 Å². The van der Waals surface area contributed by atoms with Gasteiger partial charge in [-0.3, -0.25) is 0 Å². The van der Waals surface area contributed by atoms with E-state index in [1.165, 1.54) is 13.3 Å². The minimum atomic E-state index is -0.435. The van der Waals surface area contributed by atoms with Crippen molar-refractivity contribution in [3.63, 3.8) is 0 Å². The summed E-state index contributed by atoms with van der Waals surface area (Å²) in [5.74, 6) is -0.00334. The largest absolute Gasteiger partial charge is 0.465 e. The van der Waals surface area contributed by atoms with Crippen LogP contribution in [0.25, 0.3) is 0 Å². The fourth-order valence-corrected chi connectivity index (χ4v) is 1.73. The van der Waals surface area contributed by atoms with Gasteiger partial charge in [-0.1, -0.05) is 23.7 Å². The molecule has 0 unspecified atom stereocenters. The first kappa shape index (κ1) is 13.2. The fourth-order valence-electron chi connectivity index (χ4n) is 1.57. The molecule has 2 aromatic rings. The SMILES string of the molecule is COC(=O)c1ccccc1Nc1ncc(Cl)cc1N. The lowest BCUT2D eigenvalue weighted by molar-refractivity contribution is 0.0602. The number of aromatic nitrogens is 1. The molecule has 1 aromatic heterocycles. The molecule has 0 atom stereocenters. The summed E-state index contributed by atoms with van der Waals surface area (Å²) in [5.41, 5.74) is 7.17. The predicted molar refractivity (Wildman–Crippen MR) is 74.7 cm³/mol. The van der Waals surface area contributed by atoms with Gasteiger partial charge in [0.05, 0.1) is 29.1 Å². The average molecular weight is 278 g/mol. The van der Waals surface area contributed by atoms with Crippen LogP contribution in [0.15, 0.2) is 36.5 Å². The smallest absolute Gasteiger partial charge is 0.339 e. The highest BCUT2D eigenvalue weighted by molar-refractivity contribution is 6.30. The van der Waals surface area contributed by atoms with Gasteiger partial charge < -0.3 is 15.8 Å². The molecule has 2 rings (SSSR count). The average Bonchev–Trinajstić information content (AvgIpc) is 2.41. The van der Waals surface area contributed by atoms with Crippen molar-refractivity contribution in [2.45, 2.75) is 0 Å². The van der Waals surface area contributed by atoms with Gasteiger partial charge >= 0.3 is 5.97 Å². The monoisotopic (exact) mass is 277 g/mol. The van der Waals surface area contributed by atoms with Crippen LogP contribution in [0, 0.1) is 0 Å². The number of hydrogen-bond donors (Lipinski definition) is 2. The van der Waals surface area contributed by atoms with E-state index in [0.29, 0.717) is 27.8 Å². The van der Waals surface area contributed by atoms with E-state index in [0.717, 1.165) is 0 Å². The molecule has 98 valence electrons. The Morgan fingerprint density at radius 2 is 2.16 bits per heavy atom. The van der Waals surface area contributed by atoms with Gasteiger partial charge in [-0.05, 0) is 18.2 Å². The van der Waals surface area contributed by atoms with Crippen molar-refractivity contribution in [1.82, 2.24) is 4.98 Å². The summed E-state index contributed by atoms with van der Waals surface area (Å²) in [6, 6.07) is 8.51. The standard InChI is InChI=1S/C13H12ClN3O2/c1-19-13(18)9-4-2-3-5-11(9)17-12-10(15)6-8(14)7-16-12/h2-7H,15H2,1H3,(H,16,17). The molecule has 1 heterocycles. The molecule has 0 aliphatic carbocycles. The number of nitrogen functional groups attached to an aromatic ring is 1. The molecule has 3 N–H and O–H groups in total. The first-order valence-corrected chi connectivity index (χ1v) is 5.85. The number of pyridine rings is 1. The van der Waals surface area contributed by atoms with Gasteiger partial charge in [-0.2, -0.15) is 0 Å². The lowest BCUT2D eigenvalue weighted by atomic mass is 10.2. The quantitative estimate of drug-likeness (QED) is 0.844. The zero-order valence-electron chi connectivity index (χ0n) is 10.2. The summed E-state index contributed by atoms with van der Waals surface area (Å²) >= 11 is 5.78. The first-order valence-electron chi connectivity index (χ1n) is 5.47. The lowest BCUT2D eigenvalue weighted by Crippen LogP contribution is -2.07. The molecule has 0 spiro atoms. The van der Waals surface area contributed by atoms with Crippen LogP contribution < -0.4 is 11.1 Å². The summed E-state index contributed by atoms with van der Waals surface area (Å²) in [7, 11) is 1.33. The Balaban J connectivity index is 2.35. The number of halogens is 1. The first-order chi connectivity index (χ1) is 9.11. The van der Waals surface area contributed by atoms with Crippen molar-refractivity contribution >= 4 is 34.8 Å². The van der Waals surface area contributed by atoms with Crippen molar-refractivity contribution in [2.75, 3.05) is 18.2 Å². The number of carbonyl (C=O) groups excluding carboxylic acids is 1. The van der Waals surface area contributed by atoms with E-state index in [1.807, 2.05) is 0 Å². The number of nitrogens with zero attached hydrogens (tertiary/aromatic N) is 1. The van der Waals surface area contributed by atoms with Crippen LogP contribution in [-0.4, -0.2) is 18.1 Å². The highest BCUT2D eigenvalue weighted by Crippen LogP contribution is 2.25. The molecule has 6 heteroatoms. The summed E-state index contributed by atoms with van der Waals surface area (Å²) < 4.78 is 4.71. The number of rotatable bonds is 3. The second-order valence-electron chi connectivity index (χ2n) is 3.75. The number of nitrogens with one attached hydrogen (secondary N) is 1. The maximum atomic E-state index is 11.6. The van der Waals surface area contributed by atoms with Gasteiger partial charge in [0.1, 0.15) is 0 Å². The topological polar surface area (TPSA) is 77.2 Å². The van der Waals surface area contributed by atoms with E-state index in [-0.39, 0.29) is 0 Å². The van der Waals surface area contributed by atoms with Crippen molar-refractivity contribution < 1.29 is 9.53 Å². The summed E-state index contributed by atoms with van der Waals surface area (Å²) in [5, 5.41) is 3.44. The van der Waals surface area contributed by atoms with Crippen LogP contribution in [-0.2, 0) is 4.74 Å². The number of anilines is 3. The Kier molecular flexibility index (Phi) is 3.87.